The fraction of sp³-hybridized carbons (Fsp3) is 0.375. The Morgan fingerprint density at radius 3 is 2.28 bits per heavy atom. The lowest BCUT2D eigenvalue weighted by Gasteiger charge is -2.22. The van der Waals surface area contributed by atoms with E-state index in [2.05, 4.69) is 20.0 Å². The third kappa shape index (κ3) is 3.77. The van der Waals surface area contributed by atoms with Crippen molar-refractivity contribution in [1.82, 2.24) is 24.6 Å². The Morgan fingerprint density at radius 1 is 0.938 bits per heavy atom. The molecule has 2 unspecified atom stereocenters. The van der Waals surface area contributed by atoms with Gasteiger partial charge in [-0.2, -0.15) is 5.10 Å². The lowest BCUT2D eigenvalue weighted by Crippen LogP contribution is -2.35. The van der Waals surface area contributed by atoms with Crippen LogP contribution in [0, 0.1) is 11.8 Å². The zero-order valence-electron chi connectivity index (χ0n) is 18.3. The first kappa shape index (κ1) is 20.4. The fourth-order valence-electron chi connectivity index (χ4n) is 4.66. The summed E-state index contributed by atoms with van der Waals surface area (Å²) >= 11 is 0. The van der Waals surface area contributed by atoms with E-state index in [9.17, 15) is 9.59 Å². The fourth-order valence-corrected chi connectivity index (χ4v) is 4.66. The van der Waals surface area contributed by atoms with Crippen LogP contribution >= 0.6 is 0 Å². The molecule has 0 saturated carbocycles. The monoisotopic (exact) mass is 430 g/mol. The van der Waals surface area contributed by atoms with Crippen LogP contribution in [0.2, 0.25) is 0 Å². The standard InChI is InChI=1S/C24H26N6O2/c1-16(2)30-23(31)9-8-20(27-30)24(32)29-14-18-12-28(13-19(18)15-29)22-11-25-21(10-26-22)17-6-4-3-5-7-17/h3-11,16,18-19H,12-15H2,1-2H3. The Labute approximate surface area is 186 Å². The van der Waals surface area contributed by atoms with E-state index in [-0.39, 0.29) is 17.5 Å². The summed E-state index contributed by atoms with van der Waals surface area (Å²) in [6.07, 6.45) is 3.66. The number of carbonyl (C=O) groups excluding carboxylic acids is 1. The van der Waals surface area contributed by atoms with Crippen LogP contribution < -0.4 is 10.5 Å². The highest BCUT2D eigenvalue weighted by Gasteiger charge is 2.42. The summed E-state index contributed by atoms with van der Waals surface area (Å²) in [6.45, 7) is 6.86. The number of aromatic nitrogens is 4. The average molecular weight is 431 g/mol. The summed E-state index contributed by atoms with van der Waals surface area (Å²) < 4.78 is 1.36. The number of amides is 1. The van der Waals surface area contributed by atoms with Crippen LogP contribution in [0.4, 0.5) is 5.82 Å². The molecule has 2 fully saturated rings. The van der Waals surface area contributed by atoms with E-state index in [4.69, 9.17) is 0 Å². The van der Waals surface area contributed by atoms with Gasteiger partial charge in [0.15, 0.2) is 0 Å². The topological polar surface area (TPSA) is 84.2 Å². The molecule has 8 heteroatoms. The Hall–Kier alpha value is -3.55. The van der Waals surface area contributed by atoms with Gasteiger partial charge in [0.25, 0.3) is 11.5 Å². The van der Waals surface area contributed by atoms with Crippen molar-refractivity contribution in [2.45, 2.75) is 19.9 Å². The molecule has 2 saturated heterocycles. The lowest BCUT2D eigenvalue weighted by atomic mass is 10.0. The molecule has 32 heavy (non-hydrogen) atoms. The minimum atomic E-state index is -0.190. The molecule has 2 aliphatic heterocycles. The van der Waals surface area contributed by atoms with Crippen LogP contribution in [0.5, 0.6) is 0 Å². The number of nitrogens with zero attached hydrogens (tertiary/aromatic N) is 6. The number of anilines is 1. The van der Waals surface area contributed by atoms with Gasteiger partial charge in [0.1, 0.15) is 11.5 Å². The lowest BCUT2D eigenvalue weighted by molar-refractivity contribution is 0.0773. The number of rotatable bonds is 4. The third-order valence-electron chi connectivity index (χ3n) is 6.34. The molecule has 0 radical (unpaired) electrons. The Morgan fingerprint density at radius 2 is 1.66 bits per heavy atom. The molecule has 2 aliphatic rings. The van der Waals surface area contributed by atoms with Gasteiger partial charge in [0.2, 0.25) is 0 Å². The van der Waals surface area contributed by atoms with Gasteiger partial charge in [0, 0.05) is 49.6 Å². The molecule has 0 spiro atoms. The van der Waals surface area contributed by atoms with E-state index in [1.807, 2.05) is 61.5 Å². The average Bonchev–Trinajstić information content (AvgIpc) is 3.39. The van der Waals surface area contributed by atoms with Crippen LogP contribution in [0.1, 0.15) is 30.4 Å². The van der Waals surface area contributed by atoms with E-state index >= 15 is 0 Å². The van der Waals surface area contributed by atoms with Crippen LogP contribution in [-0.4, -0.2) is 56.7 Å². The third-order valence-corrected chi connectivity index (χ3v) is 6.34. The predicted molar refractivity (Wildman–Crippen MR) is 121 cm³/mol. The summed E-state index contributed by atoms with van der Waals surface area (Å²) in [7, 11) is 0. The molecule has 1 amide bonds. The van der Waals surface area contributed by atoms with E-state index in [1.54, 1.807) is 0 Å². The van der Waals surface area contributed by atoms with E-state index in [1.165, 1.54) is 16.8 Å². The van der Waals surface area contributed by atoms with Crippen LogP contribution in [-0.2, 0) is 0 Å². The van der Waals surface area contributed by atoms with Gasteiger partial charge in [0.05, 0.1) is 24.1 Å². The first-order chi connectivity index (χ1) is 15.5. The molecular weight excluding hydrogens is 404 g/mol. The summed E-state index contributed by atoms with van der Waals surface area (Å²) in [6, 6.07) is 12.9. The number of hydrogen-bond donors (Lipinski definition) is 0. The highest BCUT2D eigenvalue weighted by Crippen LogP contribution is 2.34. The SMILES string of the molecule is CC(C)n1nc(C(=O)N2CC3CN(c4cnc(-c5ccccc5)cn4)CC3C2)ccc1=O. The second-order valence-electron chi connectivity index (χ2n) is 8.86. The summed E-state index contributed by atoms with van der Waals surface area (Å²) in [4.78, 5) is 38.3. The molecule has 0 aliphatic carbocycles. The normalized spacial score (nSPS) is 20.1. The predicted octanol–water partition coefficient (Wildman–Crippen LogP) is 2.49. The van der Waals surface area contributed by atoms with Gasteiger partial charge in [-0.15, -0.1) is 0 Å². The second kappa shape index (κ2) is 8.18. The molecule has 8 nitrogen and oxygen atoms in total. The maximum atomic E-state index is 13.0. The maximum absolute atomic E-state index is 13.0. The molecule has 0 bridgehead atoms. The molecule has 0 N–H and O–H groups in total. The van der Waals surface area contributed by atoms with Crippen molar-refractivity contribution < 1.29 is 4.79 Å². The first-order valence-corrected chi connectivity index (χ1v) is 11.0. The van der Waals surface area contributed by atoms with Gasteiger partial charge in [-0.1, -0.05) is 30.3 Å². The Kier molecular flexibility index (Phi) is 5.20. The molecular formula is C24H26N6O2. The van der Waals surface area contributed by atoms with Crippen molar-refractivity contribution >= 4 is 11.7 Å². The Bertz CT molecular complexity index is 1160. The number of carbonyl (C=O) groups is 1. The van der Waals surface area contributed by atoms with Crippen molar-refractivity contribution in [3.8, 4) is 11.3 Å². The molecule has 5 rings (SSSR count). The molecule has 1 aromatic carbocycles. The molecule has 2 atom stereocenters. The van der Waals surface area contributed by atoms with Crippen LogP contribution in [0.3, 0.4) is 0 Å². The quantitative estimate of drug-likeness (QED) is 0.632. The van der Waals surface area contributed by atoms with Gasteiger partial charge < -0.3 is 9.80 Å². The largest absolute Gasteiger partial charge is 0.355 e. The van der Waals surface area contributed by atoms with Crippen LogP contribution in [0.15, 0.2) is 59.7 Å². The summed E-state index contributed by atoms with van der Waals surface area (Å²) in [5.74, 6) is 1.56. The van der Waals surface area contributed by atoms with Crippen molar-refractivity contribution in [1.29, 1.82) is 0 Å². The number of fused-ring (bicyclic) bond motifs is 1. The van der Waals surface area contributed by atoms with Crippen molar-refractivity contribution in [2.75, 3.05) is 31.1 Å². The zero-order valence-corrected chi connectivity index (χ0v) is 18.3. The Balaban J connectivity index is 1.24. The van der Waals surface area contributed by atoms with Gasteiger partial charge >= 0.3 is 0 Å². The minimum absolute atomic E-state index is 0.0869. The van der Waals surface area contributed by atoms with E-state index in [0.29, 0.717) is 30.6 Å². The van der Waals surface area contributed by atoms with Gasteiger partial charge in [-0.05, 0) is 19.9 Å². The molecule has 2 aromatic heterocycles. The maximum Gasteiger partial charge on any atom is 0.274 e. The first-order valence-electron chi connectivity index (χ1n) is 11.0. The van der Waals surface area contributed by atoms with E-state index in [0.717, 1.165) is 30.2 Å². The van der Waals surface area contributed by atoms with Crippen molar-refractivity contribution in [3.05, 3.63) is 70.9 Å². The van der Waals surface area contributed by atoms with E-state index < -0.39 is 0 Å². The number of likely N-dealkylation sites (tertiary alicyclic amines) is 1. The minimum Gasteiger partial charge on any atom is -0.355 e. The highest BCUT2D eigenvalue weighted by atomic mass is 16.2. The second-order valence-corrected chi connectivity index (χ2v) is 8.86. The zero-order chi connectivity index (χ0) is 22.2. The molecule has 3 aromatic rings. The molecule has 164 valence electrons. The molecule has 4 heterocycles. The van der Waals surface area contributed by atoms with Crippen molar-refractivity contribution in [2.24, 2.45) is 11.8 Å². The van der Waals surface area contributed by atoms with Crippen molar-refractivity contribution in [3.63, 3.8) is 0 Å². The number of benzene rings is 1. The summed E-state index contributed by atoms with van der Waals surface area (Å²) in [5, 5.41) is 4.29. The highest BCUT2D eigenvalue weighted by molar-refractivity contribution is 5.92. The summed E-state index contributed by atoms with van der Waals surface area (Å²) in [5.41, 5.74) is 2.06. The van der Waals surface area contributed by atoms with Gasteiger partial charge in [-0.25, -0.2) is 9.67 Å². The van der Waals surface area contributed by atoms with Crippen LogP contribution in [0.25, 0.3) is 11.3 Å². The smallest absolute Gasteiger partial charge is 0.274 e. The van der Waals surface area contributed by atoms with Gasteiger partial charge in [-0.3, -0.25) is 14.6 Å². The number of hydrogen-bond acceptors (Lipinski definition) is 6.